The van der Waals surface area contributed by atoms with Crippen LogP contribution in [0.4, 0.5) is 11.4 Å². The van der Waals surface area contributed by atoms with Gasteiger partial charge in [0.2, 0.25) is 0 Å². The van der Waals surface area contributed by atoms with E-state index in [4.69, 9.17) is 10.5 Å². The molecule has 1 saturated heterocycles. The average Bonchev–Trinajstić information content (AvgIpc) is 3.02. The zero-order chi connectivity index (χ0) is 17.8. The Bertz CT molecular complexity index is 795. The summed E-state index contributed by atoms with van der Waals surface area (Å²) in [6.45, 7) is 5.48. The molecule has 1 aliphatic rings. The van der Waals surface area contributed by atoms with Gasteiger partial charge in [0.15, 0.2) is 0 Å². The molecule has 25 heavy (non-hydrogen) atoms. The number of nitrogens with zero attached hydrogens (tertiary/aromatic N) is 1. The number of hydrogen-bond acceptors (Lipinski definition) is 6. The summed E-state index contributed by atoms with van der Waals surface area (Å²) >= 11 is 0. The molecule has 2 aromatic rings. The molecule has 1 fully saturated rings. The molecule has 134 valence electrons. The highest BCUT2D eigenvalue weighted by Crippen LogP contribution is 2.21. The second-order valence-corrected chi connectivity index (χ2v) is 6.68. The van der Waals surface area contributed by atoms with E-state index in [0.29, 0.717) is 25.6 Å². The van der Waals surface area contributed by atoms with Crippen LogP contribution in [-0.2, 0) is 6.54 Å². The highest BCUT2D eigenvalue weighted by Gasteiger charge is 2.20. The number of likely N-dealkylation sites (tertiary alicyclic amines) is 1. The van der Waals surface area contributed by atoms with E-state index in [1.165, 1.54) is 18.4 Å². The van der Waals surface area contributed by atoms with Crippen LogP contribution in [-0.4, -0.2) is 30.6 Å². The summed E-state index contributed by atoms with van der Waals surface area (Å²) in [6.07, 6.45) is 3.27. The van der Waals surface area contributed by atoms with E-state index in [0.717, 1.165) is 18.8 Å². The number of ether oxygens (including phenoxy) is 1. The van der Waals surface area contributed by atoms with Gasteiger partial charge in [0.25, 0.3) is 10.9 Å². The molecule has 0 radical (unpaired) electrons. The fourth-order valence-corrected chi connectivity index (χ4v) is 3.26. The van der Waals surface area contributed by atoms with Gasteiger partial charge < -0.3 is 15.8 Å². The number of anilines is 2. The summed E-state index contributed by atoms with van der Waals surface area (Å²) in [5.41, 5.74) is 5.89. The number of hydrogen-bond donors (Lipinski definition) is 2. The number of benzene rings is 1. The molecule has 6 nitrogen and oxygen atoms in total. The molecule has 2 aromatic carbocycles. The molecule has 0 aliphatic carbocycles. The Morgan fingerprint density at radius 3 is 2.88 bits per heavy atom. The van der Waals surface area contributed by atoms with Crippen LogP contribution < -0.4 is 26.6 Å². The molecule has 0 saturated carbocycles. The minimum absolute atomic E-state index is 0.0368. The molecular weight excluding hydrogens is 318 g/mol. The zero-order valence-corrected chi connectivity index (χ0v) is 14.6. The molecule has 6 heteroatoms. The Balaban J connectivity index is 1.42. The van der Waals surface area contributed by atoms with Gasteiger partial charge in [-0.1, -0.05) is 12.1 Å². The second-order valence-electron chi connectivity index (χ2n) is 6.68. The maximum absolute atomic E-state index is 11.3. The SMILES string of the molecule is CC1CCCN1Cc1cccc(OCCCNc2c(N)c(=O)c2=O)c1. The second kappa shape index (κ2) is 7.70. The third-order valence-corrected chi connectivity index (χ3v) is 4.81. The summed E-state index contributed by atoms with van der Waals surface area (Å²) in [5, 5.41) is 2.90. The summed E-state index contributed by atoms with van der Waals surface area (Å²) in [6, 6.07) is 8.85. The lowest BCUT2D eigenvalue weighted by Crippen LogP contribution is -2.37. The minimum atomic E-state index is -0.595. The Morgan fingerprint density at radius 2 is 2.16 bits per heavy atom. The van der Waals surface area contributed by atoms with Gasteiger partial charge in [0, 0.05) is 19.1 Å². The molecule has 1 heterocycles. The standard InChI is InChI=1S/C19H25N3O3/c1-13-5-3-9-22(13)12-14-6-2-7-15(11-14)25-10-4-8-21-17-16(20)18(23)19(17)24/h2,6-7,11,13,21H,3-5,8-10,12,20H2,1H3. The van der Waals surface area contributed by atoms with Crippen LogP contribution in [0.5, 0.6) is 5.75 Å². The highest BCUT2D eigenvalue weighted by atomic mass is 16.5. The summed E-state index contributed by atoms with van der Waals surface area (Å²) < 4.78 is 5.79. The van der Waals surface area contributed by atoms with E-state index in [9.17, 15) is 9.59 Å². The molecule has 0 spiro atoms. The predicted molar refractivity (Wildman–Crippen MR) is 99.9 cm³/mol. The van der Waals surface area contributed by atoms with Crippen molar-refractivity contribution >= 4 is 11.4 Å². The van der Waals surface area contributed by atoms with Gasteiger partial charge in [-0.25, -0.2) is 0 Å². The summed E-state index contributed by atoms with van der Waals surface area (Å²) in [5.74, 6) is 0.859. The van der Waals surface area contributed by atoms with E-state index >= 15 is 0 Å². The Kier molecular flexibility index (Phi) is 5.38. The number of rotatable bonds is 8. The lowest BCUT2D eigenvalue weighted by molar-refractivity contribution is 0.259. The topological polar surface area (TPSA) is 84.7 Å². The first-order valence-corrected chi connectivity index (χ1v) is 8.84. The molecule has 0 amide bonds. The fraction of sp³-hybridized carbons (Fsp3) is 0.474. The van der Waals surface area contributed by atoms with Gasteiger partial charge in [-0.3, -0.25) is 14.5 Å². The van der Waals surface area contributed by atoms with Crippen LogP contribution in [0.15, 0.2) is 33.9 Å². The molecule has 1 atom stereocenters. The number of nitrogens with one attached hydrogen (secondary N) is 1. The monoisotopic (exact) mass is 343 g/mol. The molecule has 0 aromatic heterocycles. The van der Waals surface area contributed by atoms with Crippen molar-refractivity contribution in [2.24, 2.45) is 0 Å². The van der Waals surface area contributed by atoms with Crippen LogP contribution in [0.2, 0.25) is 0 Å². The van der Waals surface area contributed by atoms with Crippen molar-refractivity contribution in [3.8, 4) is 5.75 Å². The molecule has 1 unspecified atom stereocenters. The van der Waals surface area contributed by atoms with Gasteiger partial charge in [0.1, 0.15) is 17.1 Å². The quantitative estimate of drug-likeness (QED) is 0.561. The molecule has 1 aliphatic heterocycles. The van der Waals surface area contributed by atoms with Crippen LogP contribution in [0.3, 0.4) is 0 Å². The van der Waals surface area contributed by atoms with E-state index in [1.807, 2.05) is 12.1 Å². The lowest BCUT2D eigenvalue weighted by Gasteiger charge is -2.21. The fourth-order valence-electron chi connectivity index (χ4n) is 3.26. The summed E-state index contributed by atoms with van der Waals surface area (Å²) in [4.78, 5) is 24.8. The Morgan fingerprint density at radius 1 is 1.32 bits per heavy atom. The normalized spacial score (nSPS) is 17.9. The van der Waals surface area contributed by atoms with Crippen LogP contribution in [0.1, 0.15) is 31.7 Å². The molecule has 0 bridgehead atoms. The first kappa shape index (κ1) is 17.5. The van der Waals surface area contributed by atoms with Gasteiger partial charge in [-0.05, 0) is 50.4 Å². The third kappa shape index (κ3) is 4.02. The van der Waals surface area contributed by atoms with E-state index in [1.54, 1.807) is 0 Å². The highest BCUT2D eigenvalue weighted by molar-refractivity contribution is 5.71. The smallest absolute Gasteiger partial charge is 0.253 e. The maximum Gasteiger partial charge on any atom is 0.253 e. The van der Waals surface area contributed by atoms with Crippen molar-refractivity contribution in [1.29, 1.82) is 0 Å². The van der Waals surface area contributed by atoms with Crippen molar-refractivity contribution in [3.63, 3.8) is 0 Å². The van der Waals surface area contributed by atoms with Crippen molar-refractivity contribution < 1.29 is 4.74 Å². The van der Waals surface area contributed by atoms with Gasteiger partial charge in [-0.15, -0.1) is 0 Å². The van der Waals surface area contributed by atoms with Crippen LogP contribution >= 0.6 is 0 Å². The Hall–Kier alpha value is -2.34. The number of nitrogens with two attached hydrogens (primary N) is 1. The lowest BCUT2D eigenvalue weighted by atomic mass is 10.2. The minimum Gasteiger partial charge on any atom is -0.494 e. The Labute approximate surface area is 147 Å². The van der Waals surface area contributed by atoms with Gasteiger partial charge in [0.05, 0.1) is 6.61 Å². The van der Waals surface area contributed by atoms with Crippen molar-refractivity contribution in [1.82, 2.24) is 4.90 Å². The van der Waals surface area contributed by atoms with Crippen LogP contribution in [0.25, 0.3) is 0 Å². The average molecular weight is 343 g/mol. The van der Waals surface area contributed by atoms with Gasteiger partial charge in [-0.2, -0.15) is 0 Å². The van der Waals surface area contributed by atoms with Crippen LogP contribution in [0, 0.1) is 0 Å². The molecular formula is C19H25N3O3. The molecule has 3 rings (SSSR count). The van der Waals surface area contributed by atoms with E-state index in [-0.39, 0.29) is 11.4 Å². The summed E-state index contributed by atoms with van der Waals surface area (Å²) in [7, 11) is 0. The van der Waals surface area contributed by atoms with Crippen molar-refractivity contribution in [2.75, 3.05) is 30.7 Å². The molecule has 3 N–H and O–H groups in total. The van der Waals surface area contributed by atoms with Crippen molar-refractivity contribution in [2.45, 2.75) is 38.8 Å². The van der Waals surface area contributed by atoms with E-state index < -0.39 is 10.9 Å². The predicted octanol–water partition coefficient (Wildman–Crippen LogP) is 1.73. The zero-order valence-electron chi connectivity index (χ0n) is 14.6. The largest absolute Gasteiger partial charge is 0.494 e. The number of nitrogen functional groups attached to an aromatic ring is 1. The van der Waals surface area contributed by atoms with Gasteiger partial charge >= 0.3 is 0 Å². The first-order chi connectivity index (χ1) is 12.1. The maximum atomic E-state index is 11.3. The van der Waals surface area contributed by atoms with E-state index in [2.05, 4.69) is 29.3 Å². The first-order valence-electron chi connectivity index (χ1n) is 8.84. The third-order valence-electron chi connectivity index (χ3n) is 4.81. The van der Waals surface area contributed by atoms with Crippen molar-refractivity contribution in [3.05, 3.63) is 50.3 Å².